The Balaban J connectivity index is 1.40. The van der Waals surface area contributed by atoms with Gasteiger partial charge in [0.15, 0.2) is 0 Å². The molecule has 1 aliphatic heterocycles. The minimum Gasteiger partial charge on any atom is -0.445 e. The first-order chi connectivity index (χ1) is 15.7. The van der Waals surface area contributed by atoms with Crippen LogP contribution in [0.1, 0.15) is 28.6 Å². The normalized spacial score (nSPS) is 14.9. The summed E-state index contributed by atoms with van der Waals surface area (Å²) in [6.07, 6.45) is 0.176. The first kappa shape index (κ1) is 20.0. The zero-order valence-corrected chi connectivity index (χ0v) is 17.3. The third-order valence-electron chi connectivity index (χ3n) is 5.54. The van der Waals surface area contributed by atoms with Gasteiger partial charge in [-0.1, -0.05) is 60.7 Å². The minimum atomic E-state index is -0.411. The van der Waals surface area contributed by atoms with Crippen molar-refractivity contribution in [3.63, 3.8) is 0 Å². The molecule has 1 atom stereocenters. The van der Waals surface area contributed by atoms with Crippen LogP contribution in [0.2, 0.25) is 0 Å². The fourth-order valence-electron chi connectivity index (χ4n) is 3.90. The van der Waals surface area contributed by atoms with E-state index in [1.165, 1.54) is 12.1 Å². The van der Waals surface area contributed by atoms with Gasteiger partial charge in [0.25, 0.3) is 0 Å². The number of fused-ring (bicyclic) bond motifs is 1. The molecular formula is C26H21FN2O3. The number of oxazole rings is 1. The molecule has 2 heterocycles. The second-order valence-electron chi connectivity index (χ2n) is 7.71. The number of ether oxygens (including phenoxy) is 1. The number of benzene rings is 3. The van der Waals surface area contributed by atoms with Crippen molar-refractivity contribution in [3.05, 3.63) is 113 Å². The summed E-state index contributed by atoms with van der Waals surface area (Å²) in [6, 6.07) is 25.2. The molecule has 160 valence electrons. The molecule has 1 aromatic heterocycles. The number of carbonyl (C=O) groups is 1. The number of rotatable bonds is 5. The van der Waals surface area contributed by atoms with Gasteiger partial charge in [-0.25, -0.2) is 14.2 Å². The summed E-state index contributed by atoms with van der Waals surface area (Å²) in [6.45, 7) is 0.471. The lowest BCUT2D eigenvalue weighted by Gasteiger charge is -2.24. The second-order valence-corrected chi connectivity index (χ2v) is 7.71. The van der Waals surface area contributed by atoms with Gasteiger partial charge in [0, 0.05) is 5.56 Å². The molecular weight excluding hydrogens is 407 g/mol. The van der Waals surface area contributed by atoms with Gasteiger partial charge in [0.05, 0.1) is 12.6 Å². The number of carbonyl (C=O) groups excluding carboxylic acids is 1. The summed E-state index contributed by atoms with van der Waals surface area (Å²) in [5, 5.41) is 0. The highest BCUT2D eigenvalue weighted by Gasteiger charge is 2.39. The van der Waals surface area contributed by atoms with Gasteiger partial charge in [0.1, 0.15) is 23.9 Å². The lowest BCUT2D eigenvalue weighted by atomic mass is 10.0. The standard InChI is InChI=1S/C26H21FN2O3/c27-21-13-11-20(12-14-21)25-28-24-22(15-18-7-3-1-4-8-18)29(16-23(24)32-25)26(30)31-17-19-9-5-2-6-10-19/h1-14,22H,15-17H2. The summed E-state index contributed by atoms with van der Waals surface area (Å²) in [4.78, 5) is 19.3. The molecule has 0 N–H and O–H groups in total. The summed E-state index contributed by atoms with van der Waals surface area (Å²) < 4.78 is 24.9. The van der Waals surface area contributed by atoms with E-state index in [9.17, 15) is 9.18 Å². The van der Waals surface area contributed by atoms with E-state index in [-0.39, 0.29) is 25.0 Å². The summed E-state index contributed by atoms with van der Waals surface area (Å²) >= 11 is 0. The maximum absolute atomic E-state index is 13.3. The summed E-state index contributed by atoms with van der Waals surface area (Å²) in [5.41, 5.74) is 3.41. The van der Waals surface area contributed by atoms with E-state index in [0.717, 1.165) is 11.1 Å². The smallest absolute Gasteiger partial charge is 0.411 e. The van der Waals surface area contributed by atoms with Gasteiger partial charge < -0.3 is 9.15 Å². The largest absolute Gasteiger partial charge is 0.445 e. The Labute approximate surface area is 185 Å². The fourth-order valence-corrected chi connectivity index (χ4v) is 3.90. The molecule has 6 heteroatoms. The fraction of sp³-hybridized carbons (Fsp3) is 0.154. The highest BCUT2D eigenvalue weighted by atomic mass is 19.1. The molecule has 0 fully saturated rings. The average molecular weight is 428 g/mol. The van der Waals surface area contributed by atoms with Crippen molar-refractivity contribution >= 4 is 6.09 Å². The number of hydrogen-bond donors (Lipinski definition) is 0. The second kappa shape index (κ2) is 8.67. The van der Waals surface area contributed by atoms with Gasteiger partial charge in [-0.05, 0) is 41.8 Å². The molecule has 1 aliphatic rings. The van der Waals surface area contributed by atoms with Crippen molar-refractivity contribution < 1.29 is 18.3 Å². The topological polar surface area (TPSA) is 55.6 Å². The van der Waals surface area contributed by atoms with E-state index < -0.39 is 6.09 Å². The predicted molar refractivity (Wildman–Crippen MR) is 117 cm³/mol. The Morgan fingerprint density at radius 1 is 0.969 bits per heavy atom. The van der Waals surface area contributed by atoms with E-state index in [1.54, 1.807) is 17.0 Å². The molecule has 0 radical (unpaired) electrons. The van der Waals surface area contributed by atoms with E-state index in [0.29, 0.717) is 29.3 Å². The molecule has 0 saturated heterocycles. The van der Waals surface area contributed by atoms with Crippen molar-refractivity contribution in [2.45, 2.75) is 25.6 Å². The number of nitrogens with zero attached hydrogens (tertiary/aromatic N) is 2. The number of halogens is 1. The summed E-state index contributed by atoms with van der Waals surface area (Å²) in [5.74, 6) is 0.731. The van der Waals surface area contributed by atoms with Crippen LogP contribution in [0.15, 0.2) is 89.3 Å². The van der Waals surface area contributed by atoms with E-state index in [2.05, 4.69) is 4.98 Å². The van der Waals surface area contributed by atoms with Crippen LogP contribution in [0, 0.1) is 5.82 Å². The zero-order valence-electron chi connectivity index (χ0n) is 17.3. The van der Waals surface area contributed by atoms with Gasteiger partial charge in [0.2, 0.25) is 5.89 Å². The molecule has 0 bridgehead atoms. The van der Waals surface area contributed by atoms with Crippen LogP contribution in [-0.4, -0.2) is 16.0 Å². The average Bonchev–Trinajstić information content (AvgIpc) is 3.39. The van der Waals surface area contributed by atoms with Crippen LogP contribution < -0.4 is 0 Å². The molecule has 1 amide bonds. The van der Waals surface area contributed by atoms with E-state index >= 15 is 0 Å². The van der Waals surface area contributed by atoms with Gasteiger partial charge in [-0.3, -0.25) is 4.90 Å². The van der Waals surface area contributed by atoms with Crippen molar-refractivity contribution in [2.75, 3.05) is 0 Å². The van der Waals surface area contributed by atoms with Crippen molar-refractivity contribution in [1.82, 2.24) is 9.88 Å². The van der Waals surface area contributed by atoms with Crippen molar-refractivity contribution in [3.8, 4) is 11.5 Å². The highest BCUT2D eigenvalue weighted by molar-refractivity contribution is 5.69. The molecule has 1 unspecified atom stereocenters. The zero-order chi connectivity index (χ0) is 21.9. The Morgan fingerprint density at radius 3 is 2.31 bits per heavy atom. The van der Waals surface area contributed by atoms with Crippen molar-refractivity contribution in [1.29, 1.82) is 0 Å². The van der Waals surface area contributed by atoms with Gasteiger partial charge in [-0.2, -0.15) is 0 Å². The Bertz CT molecular complexity index is 1210. The Morgan fingerprint density at radius 2 is 1.62 bits per heavy atom. The lowest BCUT2D eigenvalue weighted by molar-refractivity contribution is 0.0809. The third kappa shape index (κ3) is 4.12. The first-order valence-electron chi connectivity index (χ1n) is 10.4. The van der Waals surface area contributed by atoms with E-state index in [4.69, 9.17) is 9.15 Å². The molecule has 3 aromatic carbocycles. The van der Waals surface area contributed by atoms with Crippen LogP contribution in [0.3, 0.4) is 0 Å². The molecule has 0 spiro atoms. The molecule has 0 aliphatic carbocycles. The number of hydrogen-bond acceptors (Lipinski definition) is 4. The predicted octanol–water partition coefficient (Wildman–Crippen LogP) is 5.92. The Kier molecular flexibility index (Phi) is 5.42. The van der Waals surface area contributed by atoms with Crippen LogP contribution in [-0.2, 0) is 24.3 Å². The number of amides is 1. The van der Waals surface area contributed by atoms with Gasteiger partial charge >= 0.3 is 6.09 Å². The SMILES string of the molecule is O=C(OCc1ccccc1)N1Cc2oc(-c3ccc(F)cc3)nc2C1Cc1ccccc1. The first-order valence-corrected chi connectivity index (χ1v) is 10.4. The van der Waals surface area contributed by atoms with Crippen LogP contribution in [0.4, 0.5) is 9.18 Å². The van der Waals surface area contributed by atoms with Gasteiger partial charge in [-0.15, -0.1) is 0 Å². The van der Waals surface area contributed by atoms with E-state index in [1.807, 2.05) is 60.7 Å². The highest BCUT2D eigenvalue weighted by Crippen LogP contribution is 2.38. The maximum atomic E-state index is 13.3. The third-order valence-corrected chi connectivity index (χ3v) is 5.54. The molecule has 32 heavy (non-hydrogen) atoms. The van der Waals surface area contributed by atoms with Crippen LogP contribution >= 0.6 is 0 Å². The molecule has 0 saturated carbocycles. The Hall–Kier alpha value is -3.93. The monoisotopic (exact) mass is 428 g/mol. The molecule has 5 rings (SSSR count). The maximum Gasteiger partial charge on any atom is 0.411 e. The molecule has 5 nitrogen and oxygen atoms in total. The lowest BCUT2D eigenvalue weighted by Crippen LogP contribution is -2.31. The van der Waals surface area contributed by atoms with Crippen LogP contribution in [0.5, 0.6) is 0 Å². The number of aromatic nitrogens is 1. The minimum absolute atomic E-state index is 0.198. The quantitative estimate of drug-likeness (QED) is 0.396. The van der Waals surface area contributed by atoms with Crippen LogP contribution in [0.25, 0.3) is 11.5 Å². The molecule has 4 aromatic rings. The summed E-state index contributed by atoms with van der Waals surface area (Å²) in [7, 11) is 0. The van der Waals surface area contributed by atoms with Crippen molar-refractivity contribution in [2.24, 2.45) is 0 Å².